The lowest BCUT2D eigenvalue weighted by molar-refractivity contribution is -0.160. The normalized spacial score (nSPS) is 12.8. The summed E-state index contributed by atoms with van der Waals surface area (Å²) in [6.07, 6.45) is 0.131. The summed E-state index contributed by atoms with van der Waals surface area (Å²) in [5, 5.41) is 5.18. The minimum Gasteiger partial charge on any atom is -0.458 e. The van der Waals surface area contributed by atoms with Gasteiger partial charge in [0, 0.05) is 19.9 Å². The van der Waals surface area contributed by atoms with Crippen molar-refractivity contribution < 1.29 is 19.1 Å². The number of carbonyl (C=O) groups excluding carboxylic acids is 3. The van der Waals surface area contributed by atoms with Crippen molar-refractivity contribution in [3.63, 3.8) is 0 Å². The third-order valence-electron chi connectivity index (χ3n) is 2.37. The fraction of sp³-hybridized carbons (Fsp3) is 0.786. The predicted molar refractivity (Wildman–Crippen MR) is 75.9 cm³/mol. The van der Waals surface area contributed by atoms with Gasteiger partial charge in [0.1, 0.15) is 11.6 Å². The van der Waals surface area contributed by atoms with Crippen LogP contribution in [0.1, 0.15) is 48.0 Å². The molecule has 0 aromatic heterocycles. The molecule has 0 aliphatic rings. The van der Waals surface area contributed by atoms with Crippen molar-refractivity contribution in [2.75, 3.05) is 6.54 Å². The third kappa shape index (κ3) is 8.50. The molecule has 0 aromatic carbocycles. The van der Waals surface area contributed by atoms with Crippen LogP contribution in [0.4, 0.5) is 0 Å². The summed E-state index contributed by atoms with van der Waals surface area (Å²) >= 11 is 0. The first-order valence-corrected chi connectivity index (χ1v) is 6.79. The van der Waals surface area contributed by atoms with E-state index in [1.165, 1.54) is 6.92 Å². The number of carbonyl (C=O) groups is 3. The van der Waals surface area contributed by atoms with E-state index in [9.17, 15) is 14.4 Å². The summed E-state index contributed by atoms with van der Waals surface area (Å²) < 4.78 is 5.28. The van der Waals surface area contributed by atoms with Crippen LogP contribution in [0.15, 0.2) is 0 Å². The summed E-state index contributed by atoms with van der Waals surface area (Å²) in [4.78, 5) is 34.5. The number of ether oxygens (including phenoxy) is 1. The molecule has 0 heterocycles. The molecule has 0 radical (unpaired) electrons. The van der Waals surface area contributed by atoms with Crippen LogP contribution < -0.4 is 10.6 Å². The first kappa shape index (κ1) is 18.4. The maximum absolute atomic E-state index is 12.0. The predicted octanol–water partition coefficient (Wildman–Crippen LogP) is 0.995. The van der Waals surface area contributed by atoms with Gasteiger partial charge in [0.05, 0.1) is 0 Å². The Balaban J connectivity index is 4.44. The molecule has 0 saturated carbocycles. The van der Waals surface area contributed by atoms with E-state index in [0.717, 1.165) is 0 Å². The Kier molecular flexibility index (Phi) is 7.24. The maximum atomic E-state index is 12.0. The molecule has 0 unspecified atom stereocenters. The molecular formula is C14H26N2O4. The van der Waals surface area contributed by atoms with Crippen LogP contribution in [0.3, 0.4) is 0 Å². The Morgan fingerprint density at radius 1 is 1.15 bits per heavy atom. The van der Waals surface area contributed by atoms with Crippen LogP contribution in [0, 0.1) is 5.92 Å². The van der Waals surface area contributed by atoms with Gasteiger partial charge < -0.3 is 15.4 Å². The largest absolute Gasteiger partial charge is 0.458 e. The lowest BCUT2D eigenvalue weighted by atomic mass is 10.0. The van der Waals surface area contributed by atoms with Gasteiger partial charge >= 0.3 is 5.97 Å². The molecule has 2 amide bonds. The van der Waals surface area contributed by atoms with Gasteiger partial charge in [-0.15, -0.1) is 0 Å². The van der Waals surface area contributed by atoms with Gasteiger partial charge in [0.15, 0.2) is 0 Å². The molecule has 0 bridgehead atoms. The van der Waals surface area contributed by atoms with Gasteiger partial charge in [-0.1, -0.05) is 13.8 Å². The fourth-order valence-electron chi connectivity index (χ4n) is 1.46. The lowest BCUT2D eigenvalue weighted by Crippen LogP contribution is -2.47. The van der Waals surface area contributed by atoms with E-state index >= 15 is 0 Å². The second-order valence-electron chi connectivity index (χ2n) is 6.06. The highest BCUT2D eigenvalue weighted by Gasteiger charge is 2.28. The number of hydrogen-bond acceptors (Lipinski definition) is 4. The first-order valence-electron chi connectivity index (χ1n) is 6.79. The van der Waals surface area contributed by atoms with Crippen molar-refractivity contribution in [3.8, 4) is 0 Å². The van der Waals surface area contributed by atoms with Gasteiger partial charge in [-0.25, -0.2) is 4.79 Å². The van der Waals surface area contributed by atoms with E-state index in [1.807, 2.05) is 13.8 Å². The molecule has 116 valence electrons. The minimum absolute atomic E-state index is 0.0745. The molecule has 0 aliphatic carbocycles. The molecule has 20 heavy (non-hydrogen) atoms. The highest BCUT2D eigenvalue weighted by molar-refractivity contribution is 5.85. The SMILES string of the molecule is CC(=O)NCCC(=O)N[C@@H](C(=O)OC(C)(C)C)C(C)C. The Hall–Kier alpha value is -1.59. The van der Waals surface area contributed by atoms with E-state index in [0.29, 0.717) is 0 Å². The highest BCUT2D eigenvalue weighted by atomic mass is 16.6. The topological polar surface area (TPSA) is 84.5 Å². The van der Waals surface area contributed by atoms with E-state index in [-0.39, 0.29) is 30.7 Å². The molecule has 6 heteroatoms. The second kappa shape index (κ2) is 7.87. The van der Waals surface area contributed by atoms with Gasteiger partial charge in [-0.2, -0.15) is 0 Å². The molecular weight excluding hydrogens is 260 g/mol. The van der Waals surface area contributed by atoms with E-state index in [4.69, 9.17) is 4.74 Å². The van der Waals surface area contributed by atoms with Crippen LogP contribution >= 0.6 is 0 Å². The van der Waals surface area contributed by atoms with Crippen LogP contribution in [0.5, 0.6) is 0 Å². The Bertz CT molecular complexity index is 359. The summed E-state index contributed by atoms with van der Waals surface area (Å²) in [5.41, 5.74) is -0.592. The monoisotopic (exact) mass is 286 g/mol. The average molecular weight is 286 g/mol. The molecule has 0 aromatic rings. The van der Waals surface area contributed by atoms with Crippen molar-refractivity contribution in [2.45, 2.75) is 59.6 Å². The lowest BCUT2D eigenvalue weighted by Gasteiger charge is -2.26. The van der Waals surface area contributed by atoms with Crippen molar-refractivity contribution in [1.29, 1.82) is 0 Å². The Labute approximate surface area is 120 Å². The molecule has 0 rings (SSSR count). The van der Waals surface area contributed by atoms with E-state index in [1.54, 1.807) is 20.8 Å². The van der Waals surface area contributed by atoms with E-state index in [2.05, 4.69) is 10.6 Å². The number of rotatable bonds is 6. The zero-order valence-electron chi connectivity index (χ0n) is 13.2. The smallest absolute Gasteiger partial charge is 0.329 e. The maximum Gasteiger partial charge on any atom is 0.329 e. The summed E-state index contributed by atoms with van der Waals surface area (Å²) in [5.74, 6) is -0.997. The van der Waals surface area contributed by atoms with Gasteiger partial charge in [-0.05, 0) is 26.7 Å². The highest BCUT2D eigenvalue weighted by Crippen LogP contribution is 2.12. The van der Waals surface area contributed by atoms with Gasteiger partial charge in [0.2, 0.25) is 11.8 Å². The molecule has 0 spiro atoms. The average Bonchev–Trinajstić information content (AvgIpc) is 2.22. The van der Waals surface area contributed by atoms with Crippen molar-refractivity contribution in [2.24, 2.45) is 5.92 Å². The van der Waals surface area contributed by atoms with Crippen molar-refractivity contribution in [1.82, 2.24) is 10.6 Å². The fourth-order valence-corrected chi connectivity index (χ4v) is 1.46. The molecule has 6 nitrogen and oxygen atoms in total. The van der Waals surface area contributed by atoms with Crippen molar-refractivity contribution >= 4 is 17.8 Å². The third-order valence-corrected chi connectivity index (χ3v) is 2.37. The number of nitrogens with one attached hydrogen (secondary N) is 2. The summed E-state index contributed by atoms with van der Waals surface area (Å²) in [7, 11) is 0. The van der Waals surface area contributed by atoms with Gasteiger partial charge in [-0.3, -0.25) is 9.59 Å². The molecule has 0 saturated heterocycles. The number of hydrogen-bond donors (Lipinski definition) is 2. The first-order chi connectivity index (χ1) is 9.03. The summed E-state index contributed by atoms with van der Waals surface area (Å²) in [6, 6.07) is -0.681. The van der Waals surface area contributed by atoms with Crippen LogP contribution in [0.25, 0.3) is 0 Å². The summed E-state index contributed by atoms with van der Waals surface area (Å²) in [6.45, 7) is 10.6. The molecule has 2 N–H and O–H groups in total. The van der Waals surface area contributed by atoms with Gasteiger partial charge in [0.25, 0.3) is 0 Å². The van der Waals surface area contributed by atoms with Crippen molar-refractivity contribution in [3.05, 3.63) is 0 Å². The Morgan fingerprint density at radius 3 is 2.10 bits per heavy atom. The molecule has 0 fully saturated rings. The van der Waals surface area contributed by atoms with Crippen LogP contribution in [-0.2, 0) is 19.1 Å². The standard InChI is InChI=1S/C14H26N2O4/c1-9(2)12(13(19)20-14(4,5)6)16-11(18)7-8-15-10(3)17/h9,12H,7-8H2,1-6H3,(H,15,17)(H,16,18)/t12-/m1/s1. The zero-order valence-corrected chi connectivity index (χ0v) is 13.2. The number of esters is 1. The van der Waals surface area contributed by atoms with E-state index < -0.39 is 17.6 Å². The Morgan fingerprint density at radius 2 is 1.70 bits per heavy atom. The van der Waals surface area contributed by atoms with Crippen LogP contribution in [-0.4, -0.2) is 36.0 Å². The molecule has 1 atom stereocenters. The zero-order chi connectivity index (χ0) is 15.9. The second-order valence-corrected chi connectivity index (χ2v) is 6.06. The minimum atomic E-state index is -0.681. The number of amides is 2. The van der Waals surface area contributed by atoms with Crippen LogP contribution in [0.2, 0.25) is 0 Å². The quantitative estimate of drug-likeness (QED) is 0.713. The molecule has 0 aliphatic heterocycles.